The lowest BCUT2D eigenvalue weighted by Crippen LogP contribution is -2.12. The van der Waals surface area contributed by atoms with Crippen LogP contribution in [0.1, 0.15) is 5.56 Å². The highest BCUT2D eigenvalue weighted by atomic mass is 32.2. The lowest BCUT2D eigenvalue weighted by Gasteiger charge is -2.13. The summed E-state index contributed by atoms with van der Waals surface area (Å²) in [6.07, 6.45) is 3.65. The van der Waals surface area contributed by atoms with Crippen molar-refractivity contribution in [3.63, 3.8) is 0 Å². The Morgan fingerprint density at radius 3 is 2.19 bits per heavy atom. The Bertz CT molecular complexity index is 1070. The van der Waals surface area contributed by atoms with Crippen LogP contribution in [0.4, 0.5) is 11.4 Å². The van der Waals surface area contributed by atoms with Crippen LogP contribution in [0.2, 0.25) is 0 Å². The smallest absolute Gasteiger partial charge is 0.255 e. The van der Waals surface area contributed by atoms with E-state index in [1.54, 1.807) is 12.1 Å². The summed E-state index contributed by atoms with van der Waals surface area (Å²) >= 11 is 0. The van der Waals surface area contributed by atoms with Gasteiger partial charge in [0.25, 0.3) is 10.0 Å². The number of rotatable bonds is 10. The standard InChI is InChI=1S/C20H23N3O7S/c1-6-19(24)22-16-9-13(12-21-20(16)30-5)23-31(25,26)8-7-15-17(28-3)10-14(27-2)11-18(15)29-4/h6-12,23H,1H2,2-5H3,(H,22,24)/b8-7+. The molecule has 31 heavy (non-hydrogen) atoms. The molecule has 0 aliphatic carbocycles. The zero-order valence-electron chi connectivity index (χ0n) is 17.5. The van der Waals surface area contributed by atoms with E-state index in [1.165, 1.54) is 46.8 Å². The Balaban J connectivity index is 2.34. The molecule has 11 heteroatoms. The van der Waals surface area contributed by atoms with Gasteiger partial charge in [0, 0.05) is 12.1 Å². The molecule has 166 valence electrons. The number of hydrogen-bond acceptors (Lipinski definition) is 8. The van der Waals surface area contributed by atoms with Gasteiger partial charge in [-0.25, -0.2) is 13.4 Å². The van der Waals surface area contributed by atoms with Gasteiger partial charge in [-0.3, -0.25) is 9.52 Å². The molecular weight excluding hydrogens is 426 g/mol. The highest BCUT2D eigenvalue weighted by molar-refractivity contribution is 7.95. The van der Waals surface area contributed by atoms with Crippen molar-refractivity contribution in [3.8, 4) is 23.1 Å². The molecule has 2 N–H and O–H groups in total. The van der Waals surface area contributed by atoms with E-state index in [-0.39, 0.29) is 17.3 Å². The van der Waals surface area contributed by atoms with Gasteiger partial charge in [-0.15, -0.1) is 0 Å². The van der Waals surface area contributed by atoms with Crippen LogP contribution in [-0.4, -0.2) is 47.7 Å². The molecule has 2 aromatic rings. The molecule has 0 unspecified atom stereocenters. The normalized spacial score (nSPS) is 11.0. The quantitative estimate of drug-likeness (QED) is 0.531. The van der Waals surface area contributed by atoms with E-state index in [1.807, 2.05) is 0 Å². The van der Waals surface area contributed by atoms with Crippen molar-refractivity contribution in [3.05, 3.63) is 48.0 Å². The molecule has 0 aliphatic rings. The number of nitrogens with zero attached hydrogens (tertiary/aromatic N) is 1. The monoisotopic (exact) mass is 449 g/mol. The first-order chi connectivity index (χ1) is 14.8. The number of pyridine rings is 1. The number of methoxy groups -OCH3 is 4. The van der Waals surface area contributed by atoms with Crippen molar-refractivity contribution in [2.75, 3.05) is 38.5 Å². The van der Waals surface area contributed by atoms with Crippen LogP contribution >= 0.6 is 0 Å². The second kappa shape index (κ2) is 10.3. The number of ether oxygens (including phenoxy) is 4. The van der Waals surface area contributed by atoms with Crippen LogP contribution < -0.4 is 29.0 Å². The van der Waals surface area contributed by atoms with Gasteiger partial charge in [-0.2, -0.15) is 0 Å². The van der Waals surface area contributed by atoms with Gasteiger partial charge in [0.1, 0.15) is 22.9 Å². The number of amides is 1. The summed E-state index contributed by atoms with van der Waals surface area (Å²) in [6.45, 7) is 3.36. The van der Waals surface area contributed by atoms with Gasteiger partial charge in [0.05, 0.1) is 51.3 Å². The number of hydrogen-bond donors (Lipinski definition) is 2. The lowest BCUT2D eigenvalue weighted by molar-refractivity contribution is -0.111. The van der Waals surface area contributed by atoms with Crippen LogP contribution in [0, 0.1) is 0 Å². The number of benzene rings is 1. The van der Waals surface area contributed by atoms with Crippen LogP contribution in [-0.2, 0) is 14.8 Å². The van der Waals surface area contributed by atoms with Gasteiger partial charge in [-0.05, 0) is 18.2 Å². The zero-order chi connectivity index (χ0) is 23.0. The largest absolute Gasteiger partial charge is 0.496 e. The van der Waals surface area contributed by atoms with Crippen molar-refractivity contribution >= 4 is 33.4 Å². The number of carbonyl (C=O) groups excluding carboxylic acids is 1. The second-order valence-corrected chi connectivity index (χ2v) is 7.44. The Morgan fingerprint density at radius 2 is 1.68 bits per heavy atom. The molecule has 1 aromatic heterocycles. The van der Waals surface area contributed by atoms with Crippen LogP contribution in [0.5, 0.6) is 23.1 Å². The summed E-state index contributed by atoms with van der Waals surface area (Å²) < 4.78 is 48.3. The summed E-state index contributed by atoms with van der Waals surface area (Å²) in [5.74, 6) is 0.830. The molecule has 0 radical (unpaired) electrons. The first-order valence-corrected chi connectivity index (χ1v) is 10.3. The summed E-state index contributed by atoms with van der Waals surface area (Å²) in [4.78, 5) is 15.6. The molecule has 0 saturated heterocycles. The molecule has 0 saturated carbocycles. The number of carbonyl (C=O) groups is 1. The molecule has 1 aromatic carbocycles. The number of nitrogens with one attached hydrogen (secondary N) is 2. The van der Waals surface area contributed by atoms with Crippen molar-refractivity contribution in [1.82, 2.24) is 4.98 Å². The third-order valence-electron chi connectivity index (χ3n) is 3.91. The lowest BCUT2D eigenvalue weighted by atomic mass is 10.1. The molecule has 0 fully saturated rings. The average Bonchev–Trinajstić information content (AvgIpc) is 2.76. The molecule has 1 heterocycles. The van der Waals surface area contributed by atoms with E-state index in [0.717, 1.165) is 11.5 Å². The average molecular weight is 449 g/mol. The molecule has 0 aliphatic heterocycles. The molecule has 0 atom stereocenters. The molecule has 2 rings (SSSR count). The van der Waals surface area contributed by atoms with Crippen molar-refractivity contribution < 1.29 is 32.2 Å². The van der Waals surface area contributed by atoms with Gasteiger partial charge in [-0.1, -0.05) is 6.58 Å². The molecular formula is C20H23N3O7S. The summed E-state index contributed by atoms with van der Waals surface area (Å²) in [6, 6.07) is 4.57. The minimum absolute atomic E-state index is 0.110. The molecule has 1 amide bonds. The Labute approximate surface area is 180 Å². The maximum Gasteiger partial charge on any atom is 0.255 e. The van der Waals surface area contributed by atoms with Gasteiger partial charge < -0.3 is 24.3 Å². The Kier molecular flexibility index (Phi) is 7.86. The maximum atomic E-state index is 12.6. The Morgan fingerprint density at radius 1 is 1.03 bits per heavy atom. The maximum absolute atomic E-state index is 12.6. The first-order valence-electron chi connectivity index (χ1n) is 8.75. The van der Waals surface area contributed by atoms with Crippen LogP contribution in [0.15, 0.2) is 42.5 Å². The van der Waals surface area contributed by atoms with Crippen LogP contribution in [0.25, 0.3) is 6.08 Å². The summed E-state index contributed by atoms with van der Waals surface area (Å²) in [5, 5.41) is 3.44. The molecule has 0 spiro atoms. The van der Waals surface area contributed by atoms with Gasteiger partial charge in [0.15, 0.2) is 0 Å². The highest BCUT2D eigenvalue weighted by Crippen LogP contribution is 2.35. The first kappa shape index (κ1) is 23.5. The minimum Gasteiger partial charge on any atom is -0.496 e. The van der Waals surface area contributed by atoms with E-state index < -0.39 is 15.9 Å². The predicted molar refractivity (Wildman–Crippen MR) is 117 cm³/mol. The fourth-order valence-electron chi connectivity index (χ4n) is 2.50. The van der Waals surface area contributed by atoms with E-state index >= 15 is 0 Å². The number of sulfonamides is 1. The molecule has 0 bridgehead atoms. The minimum atomic E-state index is -3.96. The summed E-state index contributed by atoms with van der Waals surface area (Å²) in [7, 11) is 1.80. The second-order valence-electron chi connectivity index (χ2n) is 5.87. The van der Waals surface area contributed by atoms with Crippen molar-refractivity contribution in [2.24, 2.45) is 0 Å². The van der Waals surface area contributed by atoms with E-state index in [4.69, 9.17) is 18.9 Å². The van der Waals surface area contributed by atoms with Crippen LogP contribution in [0.3, 0.4) is 0 Å². The molecule has 10 nitrogen and oxygen atoms in total. The van der Waals surface area contributed by atoms with E-state index in [9.17, 15) is 13.2 Å². The topological polar surface area (TPSA) is 125 Å². The van der Waals surface area contributed by atoms with Crippen molar-refractivity contribution in [2.45, 2.75) is 0 Å². The van der Waals surface area contributed by atoms with Gasteiger partial charge >= 0.3 is 0 Å². The number of aromatic nitrogens is 1. The Hall–Kier alpha value is -3.73. The third-order valence-corrected chi connectivity index (χ3v) is 4.93. The van der Waals surface area contributed by atoms with Gasteiger partial charge in [0.2, 0.25) is 11.8 Å². The van der Waals surface area contributed by atoms with Crippen molar-refractivity contribution in [1.29, 1.82) is 0 Å². The summed E-state index contributed by atoms with van der Waals surface area (Å²) in [5.41, 5.74) is 0.691. The third kappa shape index (κ3) is 6.12. The fourth-order valence-corrected chi connectivity index (χ4v) is 3.32. The zero-order valence-corrected chi connectivity index (χ0v) is 18.3. The number of anilines is 2. The predicted octanol–water partition coefficient (Wildman–Crippen LogP) is 2.65. The van der Waals surface area contributed by atoms with E-state index in [0.29, 0.717) is 22.8 Å². The fraction of sp³-hybridized carbons (Fsp3) is 0.200. The van der Waals surface area contributed by atoms with E-state index in [2.05, 4.69) is 21.6 Å². The highest BCUT2D eigenvalue weighted by Gasteiger charge is 2.15. The SMILES string of the molecule is C=CC(=O)Nc1cc(NS(=O)(=O)/C=C/c2c(OC)cc(OC)cc2OC)cnc1OC.